The zero-order valence-corrected chi connectivity index (χ0v) is 17.4. The second-order valence-corrected chi connectivity index (χ2v) is 8.76. The molecule has 6 heteroatoms. The second kappa shape index (κ2) is 13.0. The molecule has 1 aliphatic carbocycles. The van der Waals surface area contributed by atoms with E-state index in [1.54, 1.807) is 0 Å². The lowest BCUT2D eigenvalue weighted by molar-refractivity contribution is -0.114. The van der Waals surface area contributed by atoms with Gasteiger partial charge in [-0.05, 0) is 18.9 Å². The molecule has 0 amide bonds. The minimum Gasteiger partial charge on any atom is -0.290 e. The van der Waals surface area contributed by atoms with Crippen molar-refractivity contribution < 1.29 is 22.6 Å². The van der Waals surface area contributed by atoms with Gasteiger partial charge < -0.3 is 0 Å². The van der Waals surface area contributed by atoms with E-state index in [9.17, 15) is 18.0 Å². The van der Waals surface area contributed by atoms with Crippen LogP contribution in [0.15, 0.2) is 22.6 Å². The van der Waals surface area contributed by atoms with Crippen LogP contribution in [-0.4, -0.2) is 24.5 Å². The van der Waals surface area contributed by atoms with Crippen LogP contribution < -0.4 is 0 Å². The van der Waals surface area contributed by atoms with Gasteiger partial charge in [-0.25, -0.2) is 0 Å². The molecule has 1 aliphatic rings. The van der Waals surface area contributed by atoms with Gasteiger partial charge in [0.25, 0.3) is 10.1 Å². The molecular formula is C21H34O5S. The Labute approximate surface area is 164 Å². The predicted octanol–water partition coefficient (Wildman–Crippen LogP) is 5.32. The first-order chi connectivity index (χ1) is 12.9. The maximum atomic E-state index is 11.9. The highest BCUT2D eigenvalue weighted by Gasteiger charge is 2.27. The van der Waals surface area contributed by atoms with E-state index in [-0.39, 0.29) is 0 Å². The quantitative estimate of drug-likeness (QED) is 0.229. The van der Waals surface area contributed by atoms with E-state index < -0.39 is 26.6 Å². The summed E-state index contributed by atoms with van der Waals surface area (Å²) in [5, 5.41) is 0. The van der Waals surface area contributed by atoms with Gasteiger partial charge in [0.2, 0.25) is 0 Å². The molecule has 0 aromatic heterocycles. The summed E-state index contributed by atoms with van der Waals surface area (Å²) < 4.78 is 31.0. The first-order valence-corrected chi connectivity index (χ1v) is 11.8. The summed E-state index contributed by atoms with van der Waals surface area (Å²) in [5.74, 6) is -1.32. The fraction of sp³-hybridized carbons (Fsp3) is 0.714. The number of hydrogen-bond donors (Lipinski definition) is 1. The van der Waals surface area contributed by atoms with E-state index in [1.165, 1.54) is 64.2 Å². The van der Waals surface area contributed by atoms with Crippen LogP contribution in [0.25, 0.3) is 0 Å². The molecule has 0 saturated carbocycles. The van der Waals surface area contributed by atoms with Gasteiger partial charge >= 0.3 is 0 Å². The van der Waals surface area contributed by atoms with Crippen molar-refractivity contribution in [2.24, 2.45) is 0 Å². The monoisotopic (exact) mass is 398 g/mol. The number of hydrogen-bond acceptors (Lipinski definition) is 4. The summed E-state index contributed by atoms with van der Waals surface area (Å²) in [4.78, 5) is 22.7. The molecule has 0 heterocycles. The third kappa shape index (κ3) is 10.0. The van der Waals surface area contributed by atoms with Crippen molar-refractivity contribution in [2.45, 2.75) is 96.8 Å². The van der Waals surface area contributed by atoms with E-state index in [0.717, 1.165) is 31.4 Å². The van der Waals surface area contributed by atoms with E-state index in [0.29, 0.717) is 12.0 Å². The van der Waals surface area contributed by atoms with Crippen LogP contribution in [0.3, 0.4) is 0 Å². The fourth-order valence-corrected chi connectivity index (χ4v) is 3.88. The molecule has 0 bridgehead atoms. The molecule has 0 aromatic rings. The summed E-state index contributed by atoms with van der Waals surface area (Å²) in [5.41, 5.74) is 0.329. The lowest BCUT2D eigenvalue weighted by Crippen LogP contribution is -2.19. The molecule has 0 aliphatic heterocycles. The molecule has 0 spiro atoms. The number of rotatable bonds is 15. The normalized spacial score (nSPS) is 15.0. The molecule has 0 fully saturated rings. The van der Waals surface area contributed by atoms with E-state index in [1.807, 2.05) is 0 Å². The van der Waals surface area contributed by atoms with Gasteiger partial charge in [-0.2, -0.15) is 8.42 Å². The SMILES string of the molecule is CCCCCCCCCCCCCCCC1=CC(=O)C(S(=O)(=O)O)=CC1=O. The van der Waals surface area contributed by atoms with Crippen LogP contribution in [0.5, 0.6) is 0 Å². The van der Waals surface area contributed by atoms with Gasteiger partial charge in [0.1, 0.15) is 4.91 Å². The molecule has 0 radical (unpaired) electrons. The van der Waals surface area contributed by atoms with Crippen molar-refractivity contribution in [2.75, 3.05) is 0 Å². The van der Waals surface area contributed by atoms with Crippen molar-refractivity contribution in [1.29, 1.82) is 0 Å². The Hall–Kier alpha value is -1.27. The Morgan fingerprint density at radius 1 is 0.704 bits per heavy atom. The fourth-order valence-electron chi connectivity index (χ4n) is 3.31. The van der Waals surface area contributed by atoms with Gasteiger partial charge in [-0.15, -0.1) is 0 Å². The summed E-state index contributed by atoms with van der Waals surface area (Å²) in [7, 11) is -4.63. The van der Waals surface area contributed by atoms with E-state index in [4.69, 9.17) is 4.55 Å². The first kappa shape index (κ1) is 23.8. The van der Waals surface area contributed by atoms with Crippen molar-refractivity contribution in [3.8, 4) is 0 Å². The Balaban J connectivity index is 2.06. The molecular weight excluding hydrogens is 364 g/mol. The van der Waals surface area contributed by atoms with Gasteiger partial charge in [-0.1, -0.05) is 84.0 Å². The average molecular weight is 399 g/mol. The summed E-state index contributed by atoms with van der Waals surface area (Å²) in [6.07, 6.45) is 18.3. The van der Waals surface area contributed by atoms with E-state index >= 15 is 0 Å². The molecule has 5 nitrogen and oxygen atoms in total. The van der Waals surface area contributed by atoms with Crippen molar-refractivity contribution >= 4 is 21.7 Å². The van der Waals surface area contributed by atoms with Crippen molar-refractivity contribution in [3.63, 3.8) is 0 Å². The number of carbonyl (C=O) groups excluding carboxylic acids is 2. The Morgan fingerprint density at radius 2 is 1.15 bits per heavy atom. The molecule has 0 saturated heterocycles. The molecule has 0 aromatic carbocycles. The lowest BCUT2D eigenvalue weighted by Gasteiger charge is -2.10. The highest BCUT2D eigenvalue weighted by atomic mass is 32.2. The molecule has 1 rings (SSSR count). The van der Waals surface area contributed by atoms with Gasteiger partial charge in [-0.3, -0.25) is 14.1 Å². The predicted molar refractivity (Wildman–Crippen MR) is 108 cm³/mol. The van der Waals surface area contributed by atoms with Gasteiger partial charge in [0.15, 0.2) is 11.6 Å². The average Bonchev–Trinajstić information content (AvgIpc) is 2.60. The third-order valence-corrected chi connectivity index (χ3v) is 5.83. The maximum absolute atomic E-state index is 11.9. The number of allylic oxidation sites excluding steroid dienone is 4. The highest BCUT2D eigenvalue weighted by Crippen LogP contribution is 2.21. The highest BCUT2D eigenvalue weighted by molar-refractivity contribution is 7.91. The van der Waals surface area contributed by atoms with Crippen LogP contribution in [-0.2, 0) is 19.7 Å². The molecule has 1 N–H and O–H groups in total. The maximum Gasteiger partial charge on any atom is 0.298 e. The van der Waals surface area contributed by atoms with Gasteiger partial charge in [0.05, 0.1) is 0 Å². The Kier molecular flexibility index (Phi) is 11.4. The molecule has 0 unspecified atom stereocenters. The standard InChI is InChI=1S/C21H34O5S/c1-2-3-4-5-6-7-8-9-10-11-12-13-14-15-18-16-20(23)21(17-19(18)22)27(24,25)26/h16-17H,2-15H2,1H3,(H,24,25,26). The first-order valence-electron chi connectivity index (χ1n) is 10.3. The largest absolute Gasteiger partial charge is 0.298 e. The second-order valence-electron chi connectivity index (χ2n) is 7.37. The Bertz CT molecular complexity index is 643. The van der Waals surface area contributed by atoms with Crippen LogP contribution in [0, 0.1) is 0 Å². The van der Waals surface area contributed by atoms with Gasteiger partial charge in [0, 0.05) is 11.6 Å². The minimum atomic E-state index is -4.63. The van der Waals surface area contributed by atoms with Crippen LogP contribution in [0.4, 0.5) is 0 Å². The number of ketones is 2. The minimum absolute atomic E-state index is 0.329. The molecule has 154 valence electrons. The zero-order valence-electron chi connectivity index (χ0n) is 16.5. The zero-order chi connectivity index (χ0) is 20.1. The molecule has 0 atom stereocenters. The lowest BCUT2D eigenvalue weighted by atomic mass is 9.97. The van der Waals surface area contributed by atoms with Crippen molar-refractivity contribution in [3.05, 3.63) is 22.6 Å². The van der Waals surface area contributed by atoms with Crippen LogP contribution in [0.2, 0.25) is 0 Å². The molecule has 27 heavy (non-hydrogen) atoms. The topological polar surface area (TPSA) is 88.5 Å². The van der Waals surface area contributed by atoms with Crippen LogP contribution in [0.1, 0.15) is 96.8 Å². The number of unbranched alkanes of at least 4 members (excludes halogenated alkanes) is 12. The smallest absolute Gasteiger partial charge is 0.290 e. The van der Waals surface area contributed by atoms with Crippen LogP contribution >= 0.6 is 0 Å². The third-order valence-electron chi connectivity index (χ3n) is 4.95. The number of carbonyl (C=O) groups is 2. The summed E-state index contributed by atoms with van der Waals surface area (Å²) in [6.45, 7) is 2.24. The van der Waals surface area contributed by atoms with E-state index in [2.05, 4.69) is 6.92 Å². The Morgan fingerprint density at radius 3 is 1.59 bits per heavy atom. The summed E-state index contributed by atoms with van der Waals surface area (Å²) >= 11 is 0. The van der Waals surface area contributed by atoms with Crippen molar-refractivity contribution in [1.82, 2.24) is 0 Å². The summed E-state index contributed by atoms with van der Waals surface area (Å²) in [6, 6.07) is 0.